The van der Waals surface area contributed by atoms with Crippen LogP contribution in [-0.2, 0) is 19.0 Å². The first-order chi connectivity index (χ1) is 21.4. The first-order valence-electron chi connectivity index (χ1n) is 17.8. The molecular weight excluding hydrogens is 582 g/mol. The van der Waals surface area contributed by atoms with Crippen LogP contribution in [0.2, 0.25) is 0 Å². The number of aliphatic hydroxyl groups is 2. The second kappa shape index (κ2) is 10.2. The Morgan fingerprint density at radius 3 is 2.41 bits per heavy atom. The van der Waals surface area contributed by atoms with E-state index in [0.717, 1.165) is 32.1 Å². The molecule has 6 fully saturated rings. The minimum absolute atomic E-state index is 0.0916. The number of carbonyl (C=O) groups excluding carboxylic acids is 2. The molecule has 2 N–H and O–H groups in total. The van der Waals surface area contributed by atoms with Gasteiger partial charge in [0.15, 0.2) is 6.10 Å². The SMILES string of the molecule is CC(=O)O[C@@H]([C@H]1C[C@@H](C)C2C(O1)[C@H](O)[C@@]1(C)[C@@H]3CC[C@H]4C(C)(C)[C@@H](OC(=O)c5cccnc5)CC[C@@]45C[C@@]35CC[C@]21C)C(C)(C)O. The van der Waals surface area contributed by atoms with Crippen LogP contribution in [0, 0.1) is 50.7 Å². The first kappa shape index (κ1) is 32.5. The smallest absolute Gasteiger partial charge is 0.339 e. The van der Waals surface area contributed by atoms with Gasteiger partial charge < -0.3 is 24.4 Å². The summed E-state index contributed by atoms with van der Waals surface area (Å²) in [5.74, 6) is 0.551. The van der Waals surface area contributed by atoms with Gasteiger partial charge in [0.05, 0.1) is 29.5 Å². The highest BCUT2D eigenvalue weighted by Crippen LogP contribution is 2.89. The molecule has 0 aromatic carbocycles. The summed E-state index contributed by atoms with van der Waals surface area (Å²) < 4.78 is 18.7. The molecule has 8 heteroatoms. The van der Waals surface area contributed by atoms with E-state index in [0.29, 0.717) is 23.8 Å². The van der Waals surface area contributed by atoms with Crippen molar-refractivity contribution in [3.63, 3.8) is 0 Å². The summed E-state index contributed by atoms with van der Waals surface area (Å²) in [4.78, 5) is 29.3. The van der Waals surface area contributed by atoms with Crippen LogP contribution >= 0.6 is 0 Å². The Bertz CT molecular complexity index is 1390. The van der Waals surface area contributed by atoms with Gasteiger partial charge in [-0.2, -0.15) is 0 Å². The van der Waals surface area contributed by atoms with E-state index in [-0.39, 0.29) is 57.1 Å². The maximum Gasteiger partial charge on any atom is 0.339 e. The molecule has 1 aliphatic heterocycles. The van der Waals surface area contributed by atoms with E-state index in [1.165, 1.54) is 19.8 Å². The Morgan fingerprint density at radius 1 is 1.07 bits per heavy atom. The lowest BCUT2D eigenvalue weighted by Crippen LogP contribution is -2.60. The van der Waals surface area contributed by atoms with Crippen LogP contribution in [0.3, 0.4) is 0 Å². The second-order valence-electron chi connectivity index (χ2n) is 17.9. The van der Waals surface area contributed by atoms with Crippen LogP contribution in [0.15, 0.2) is 24.5 Å². The predicted octanol–water partition coefficient (Wildman–Crippen LogP) is 6.12. The fourth-order valence-electron chi connectivity index (χ4n) is 13.3. The van der Waals surface area contributed by atoms with Crippen LogP contribution in [0.4, 0.5) is 0 Å². The van der Waals surface area contributed by atoms with Crippen molar-refractivity contribution in [2.45, 2.75) is 143 Å². The summed E-state index contributed by atoms with van der Waals surface area (Å²) in [5, 5.41) is 23.5. The molecule has 5 saturated carbocycles. The van der Waals surface area contributed by atoms with Crippen LogP contribution < -0.4 is 0 Å². The number of fused-ring (bicyclic) bond motifs is 4. The van der Waals surface area contributed by atoms with E-state index in [1.54, 1.807) is 38.4 Å². The van der Waals surface area contributed by atoms with Gasteiger partial charge in [-0.25, -0.2) is 4.79 Å². The molecule has 7 rings (SSSR count). The topological polar surface area (TPSA) is 115 Å². The number of pyridine rings is 1. The molecule has 46 heavy (non-hydrogen) atoms. The van der Waals surface area contributed by atoms with E-state index >= 15 is 0 Å². The van der Waals surface area contributed by atoms with E-state index in [1.807, 2.05) is 0 Å². The Morgan fingerprint density at radius 2 is 1.76 bits per heavy atom. The third kappa shape index (κ3) is 4.17. The minimum Gasteiger partial charge on any atom is -0.458 e. The van der Waals surface area contributed by atoms with Gasteiger partial charge in [0.1, 0.15) is 6.10 Å². The van der Waals surface area contributed by atoms with E-state index in [2.05, 4.69) is 39.6 Å². The van der Waals surface area contributed by atoms with Crippen molar-refractivity contribution in [2.75, 3.05) is 0 Å². The second-order valence-corrected chi connectivity index (χ2v) is 17.9. The summed E-state index contributed by atoms with van der Waals surface area (Å²) in [7, 11) is 0. The molecule has 2 unspecified atom stereocenters. The van der Waals surface area contributed by atoms with Crippen LogP contribution in [0.25, 0.3) is 0 Å². The predicted molar refractivity (Wildman–Crippen MR) is 171 cm³/mol. The molecule has 254 valence electrons. The van der Waals surface area contributed by atoms with Gasteiger partial charge in [-0.3, -0.25) is 9.78 Å². The average Bonchev–Trinajstić information content (AvgIpc) is 3.61. The molecule has 0 radical (unpaired) electrons. The van der Waals surface area contributed by atoms with Crippen molar-refractivity contribution in [2.24, 2.45) is 50.7 Å². The first-order valence-corrected chi connectivity index (χ1v) is 17.8. The highest BCUT2D eigenvalue weighted by molar-refractivity contribution is 5.89. The molecule has 2 spiro atoms. The van der Waals surface area contributed by atoms with Crippen molar-refractivity contribution < 1.29 is 34.0 Å². The van der Waals surface area contributed by atoms with Crippen LogP contribution in [0.5, 0.6) is 0 Å². The number of carbonyl (C=O) groups is 2. The number of rotatable bonds is 5. The van der Waals surface area contributed by atoms with Gasteiger partial charge in [-0.15, -0.1) is 0 Å². The molecule has 0 amide bonds. The average molecular weight is 638 g/mol. The molecule has 6 aliphatic rings. The number of hydrogen-bond acceptors (Lipinski definition) is 8. The number of nitrogens with zero attached hydrogens (tertiary/aromatic N) is 1. The van der Waals surface area contributed by atoms with Gasteiger partial charge in [-0.05, 0) is 117 Å². The molecule has 1 saturated heterocycles. The summed E-state index contributed by atoms with van der Waals surface area (Å²) in [5.41, 5.74) is -0.935. The standard InChI is InChI=1S/C38H55NO7/c1-21-18-24(31(34(5,6)43)44-22(2)40)45-29-28(21)35(7)15-16-38-20-37(38)14-13-27(46-32(42)23-10-9-17-39-19-23)33(3,4)25(37)11-12-26(38)36(35,8)30(29)41/h9-10,17,19,21,24-31,41,43H,11-16,18,20H2,1-8H3/t21-,24-,25+,26+,27+,28?,29?,30+,31+,35-,36-,37-,38+/m1/s1. The number of aliphatic hydroxyl groups excluding tert-OH is 1. The number of aromatic nitrogens is 1. The maximum absolute atomic E-state index is 13.1. The largest absolute Gasteiger partial charge is 0.458 e. The normalized spacial score (nSPS) is 47.6. The summed E-state index contributed by atoms with van der Waals surface area (Å²) in [6.07, 6.45) is 8.96. The lowest BCUT2D eigenvalue weighted by atomic mass is 9.41. The number of hydrogen-bond donors (Lipinski definition) is 2. The zero-order valence-corrected chi connectivity index (χ0v) is 29.0. The summed E-state index contributed by atoms with van der Waals surface area (Å²) >= 11 is 0. The molecule has 8 nitrogen and oxygen atoms in total. The van der Waals surface area contributed by atoms with Crippen molar-refractivity contribution >= 4 is 11.9 Å². The highest BCUT2D eigenvalue weighted by Gasteiger charge is 2.84. The Hall–Kier alpha value is -2.03. The summed E-state index contributed by atoms with van der Waals surface area (Å²) in [6.45, 7) is 16.4. The quantitative estimate of drug-likeness (QED) is 0.371. The third-order valence-corrected chi connectivity index (χ3v) is 15.2. The van der Waals surface area contributed by atoms with E-state index < -0.39 is 29.9 Å². The Labute approximate surface area is 274 Å². The fraction of sp³-hybridized carbons (Fsp3) is 0.816. The van der Waals surface area contributed by atoms with Crippen molar-refractivity contribution in [1.82, 2.24) is 4.98 Å². The molecular formula is C38H55NO7. The number of esters is 2. The lowest BCUT2D eigenvalue weighted by Gasteiger charge is -2.63. The number of ether oxygens (including phenoxy) is 3. The molecule has 1 aromatic heterocycles. The van der Waals surface area contributed by atoms with Crippen molar-refractivity contribution in [1.29, 1.82) is 0 Å². The van der Waals surface area contributed by atoms with Gasteiger partial charge in [0.25, 0.3) is 0 Å². The molecule has 13 atom stereocenters. The van der Waals surface area contributed by atoms with Crippen molar-refractivity contribution in [3.05, 3.63) is 30.1 Å². The van der Waals surface area contributed by atoms with Gasteiger partial charge >= 0.3 is 11.9 Å². The molecule has 5 aliphatic carbocycles. The highest BCUT2D eigenvalue weighted by atomic mass is 16.6. The Kier molecular flexibility index (Phi) is 7.24. The van der Waals surface area contributed by atoms with E-state index in [4.69, 9.17) is 14.2 Å². The van der Waals surface area contributed by atoms with Crippen molar-refractivity contribution in [3.8, 4) is 0 Å². The van der Waals surface area contributed by atoms with Gasteiger partial charge in [-0.1, -0.05) is 34.6 Å². The zero-order valence-electron chi connectivity index (χ0n) is 29.0. The fourth-order valence-corrected chi connectivity index (χ4v) is 13.3. The zero-order chi connectivity index (χ0) is 33.2. The van der Waals surface area contributed by atoms with E-state index in [9.17, 15) is 19.8 Å². The molecule has 0 bridgehead atoms. The van der Waals surface area contributed by atoms with Crippen LogP contribution in [0.1, 0.15) is 117 Å². The lowest BCUT2D eigenvalue weighted by molar-refractivity contribution is -0.216. The maximum atomic E-state index is 13.1. The molecule has 1 aromatic rings. The van der Waals surface area contributed by atoms with Gasteiger partial charge in [0.2, 0.25) is 0 Å². The monoisotopic (exact) mass is 637 g/mol. The Balaban J connectivity index is 1.16. The minimum atomic E-state index is -1.27. The van der Waals surface area contributed by atoms with Crippen LogP contribution in [-0.4, -0.2) is 63.3 Å². The third-order valence-electron chi connectivity index (χ3n) is 15.2. The van der Waals surface area contributed by atoms with Gasteiger partial charge in [0, 0.05) is 30.1 Å². The molecule has 2 heterocycles. The summed E-state index contributed by atoms with van der Waals surface area (Å²) in [6, 6.07) is 3.54.